The third-order valence-corrected chi connectivity index (χ3v) is 4.97. The summed E-state index contributed by atoms with van der Waals surface area (Å²) >= 11 is 0. The van der Waals surface area contributed by atoms with Crippen molar-refractivity contribution in [3.63, 3.8) is 0 Å². The second kappa shape index (κ2) is 9.39. The Balaban J connectivity index is 1.72. The second-order valence-electron chi connectivity index (χ2n) is 7.18. The maximum atomic E-state index is 13.1. The first-order chi connectivity index (χ1) is 14.4. The summed E-state index contributed by atoms with van der Waals surface area (Å²) in [6, 6.07) is 10.3. The zero-order chi connectivity index (χ0) is 21.7. The van der Waals surface area contributed by atoms with Gasteiger partial charge in [-0.1, -0.05) is 0 Å². The standard InChI is InChI=1S/C22H24FN3O4/c1-14(27)24-19-10-9-18(30-2)12-20(19)25-21(28)16-4-3-11-26(13-16)22(29)15-5-7-17(23)8-6-15/h5-10,12,16H,3-4,11,13H2,1-2H3,(H,24,27)(H,25,28). The van der Waals surface area contributed by atoms with Gasteiger partial charge in [0.1, 0.15) is 11.6 Å². The molecule has 0 bridgehead atoms. The number of methoxy groups -OCH3 is 1. The molecule has 30 heavy (non-hydrogen) atoms. The second-order valence-corrected chi connectivity index (χ2v) is 7.18. The van der Waals surface area contributed by atoms with E-state index < -0.39 is 11.7 Å². The number of nitrogens with zero attached hydrogens (tertiary/aromatic N) is 1. The minimum Gasteiger partial charge on any atom is -0.497 e. The number of anilines is 2. The molecular formula is C22H24FN3O4. The third kappa shape index (κ3) is 5.14. The topological polar surface area (TPSA) is 87.7 Å². The van der Waals surface area contributed by atoms with Crippen molar-refractivity contribution in [3.05, 3.63) is 53.8 Å². The lowest BCUT2D eigenvalue weighted by molar-refractivity contribution is -0.121. The van der Waals surface area contributed by atoms with Gasteiger partial charge in [-0.05, 0) is 49.2 Å². The molecule has 1 fully saturated rings. The van der Waals surface area contributed by atoms with Gasteiger partial charge in [0.15, 0.2) is 0 Å². The maximum Gasteiger partial charge on any atom is 0.253 e. The molecule has 0 radical (unpaired) electrons. The highest BCUT2D eigenvalue weighted by molar-refractivity contribution is 6.00. The van der Waals surface area contributed by atoms with Crippen LogP contribution < -0.4 is 15.4 Å². The van der Waals surface area contributed by atoms with Crippen LogP contribution in [0.5, 0.6) is 5.75 Å². The zero-order valence-corrected chi connectivity index (χ0v) is 16.9. The van der Waals surface area contributed by atoms with Gasteiger partial charge in [-0.25, -0.2) is 4.39 Å². The highest BCUT2D eigenvalue weighted by atomic mass is 19.1. The van der Waals surface area contributed by atoms with E-state index in [1.54, 1.807) is 23.1 Å². The van der Waals surface area contributed by atoms with E-state index in [9.17, 15) is 18.8 Å². The number of piperidine rings is 1. The number of hydrogen-bond acceptors (Lipinski definition) is 4. The van der Waals surface area contributed by atoms with Crippen molar-refractivity contribution in [3.8, 4) is 5.75 Å². The molecule has 1 aliphatic heterocycles. The molecular weight excluding hydrogens is 389 g/mol. The first-order valence-electron chi connectivity index (χ1n) is 9.68. The monoisotopic (exact) mass is 413 g/mol. The lowest BCUT2D eigenvalue weighted by Gasteiger charge is -2.32. The van der Waals surface area contributed by atoms with E-state index in [0.29, 0.717) is 42.1 Å². The van der Waals surface area contributed by atoms with Crippen molar-refractivity contribution in [1.29, 1.82) is 0 Å². The summed E-state index contributed by atoms with van der Waals surface area (Å²) in [5.74, 6) is -1.00. The molecule has 0 spiro atoms. The van der Waals surface area contributed by atoms with E-state index in [1.165, 1.54) is 38.3 Å². The number of amides is 3. The average Bonchev–Trinajstić information content (AvgIpc) is 2.74. The van der Waals surface area contributed by atoms with Gasteiger partial charge in [0.2, 0.25) is 11.8 Å². The summed E-state index contributed by atoms with van der Waals surface area (Å²) in [6.07, 6.45) is 1.32. The van der Waals surface area contributed by atoms with Gasteiger partial charge in [0.25, 0.3) is 5.91 Å². The maximum absolute atomic E-state index is 13.1. The van der Waals surface area contributed by atoms with Crippen molar-refractivity contribution >= 4 is 29.1 Å². The number of likely N-dealkylation sites (tertiary alicyclic amines) is 1. The molecule has 8 heteroatoms. The predicted octanol–water partition coefficient (Wildman–Crippen LogP) is 3.28. The van der Waals surface area contributed by atoms with Crippen molar-refractivity contribution in [1.82, 2.24) is 4.90 Å². The van der Waals surface area contributed by atoms with Crippen LogP contribution in [0.1, 0.15) is 30.1 Å². The van der Waals surface area contributed by atoms with E-state index in [-0.39, 0.29) is 24.3 Å². The van der Waals surface area contributed by atoms with Crippen molar-refractivity contribution < 1.29 is 23.5 Å². The molecule has 0 aliphatic carbocycles. The first-order valence-corrected chi connectivity index (χ1v) is 9.68. The Bertz CT molecular complexity index is 946. The molecule has 2 aromatic carbocycles. The minimum atomic E-state index is -0.407. The SMILES string of the molecule is COc1ccc(NC(C)=O)c(NC(=O)C2CCCN(C(=O)c3ccc(F)cc3)C2)c1. The fourth-order valence-corrected chi connectivity index (χ4v) is 3.44. The number of nitrogens with one attached hydrogen (secondary N) is 2. The number of benzene rings is 2. The van der Waals surface area contributed by atoms with E-state index >= 15 is 0 Å². The molecule has 3 rings (SSSR count). The lowest BCUT2D eigenvalue weighted by atomic mass is 9.96. The fourth-order valence-electron chi connectivity index (χ4n) is 3.44. The summed E-state index contributed by atoms with van der Waals surface area (Å²) in [7, 11) is 1.51. The van der Waals surface area contributed by atoms with Crippen molar-refractivity contribution in [2.24, 2.45) is 5.92 Å². The summed E-state index contributed by atoms with van der Waals surface area (Å²) in [5, 5.41) is 5.53. The fraction of sp³-hybridized carbons (Fsp3) is 0.318. The molecule has 1 unspecified atom stereocenters. The molecule has 1 saturated heterocycles. The largest absolute Gasteiger partial charge is 0.497 e. The normalized spacial score (nSPS) is 16.0. The van der Waals surface area contributed by atoms with Crippen LogP contribution in [-0.2, 0) is 9.59 Å². The Morgan fingerprint density at radius 1 is 1.07 bits per heavy atom. The van der Waals surface area contributed by atoms with Crippen molar-refractivity contribution in [2.75, 3.05) is 30.8 Å². The highest BCUT2D eigenvalue weighted by Crippen LogP contribution is 2.29. The molecule has 7 nitrogen and oxygen atoms in total. The van der Waals surface area contributed by atoms with E-state index in [1.807, 2.05) is 0 Å². The van der Waals surface area contributed by atoms with Gasteiger partial charge in [-0.2, -0.15) is 0 Å². The number of hydrogen-bond donors (Lipinski definition) is 2. The summed E-state index contributed by atoms with van der Waals surface area (Å²) in [6.45, 7) is 2.19. The Hall–Kier alpha value is -3.42. The Kier molecular flexibility index (Phi) is 6.66. The van der Waals surface area contributed by atoms with Crippen LogP contribution in [0.2, 0.25) is 0 Å². The van der Waals surface area contributed by atoms with Gasteiger partial charge in [-0.3, -0.25) is 14.4 Å². The van der Waals surface area contributed by atoms with E-state index in [0.717, 1.165) is 0 Å². The Morgan fingerprint density at radius 2 is 1.80 bits per heavy atom. The molecule has 1 heterocycles. The van der Waals surface area contributed by atoms with Gasteiger partial charge in [-0.15, -0.1) is 0 Å². The number of rotatable bonds is 5. The predicted molar refractivity (Wildman–Crippen MR) is 111 cm³/mol. The average molecular weight is 413 g/mol. The van der Waals surface area contributed by atoms with Crippen LogP contribution in [0.15, 0.2) is 42.5 Å². The molecule has 158 valence electrons. The van der Waals surface area contributed by atoms with Crippen LogP contribution in [0, 0.1) is 11.7 Å². The Morgan fingerprint density at radius 3 is 2.47 bits per heavy atom. The third-order valence-electron chi connectivity index (χ3n) is 4.97. The Labute approximate surface area is 174 Å². The van der Waals surface area contributed by atoms with Crippen LogP contribution in [-0.4, -0.2) is 42.8 Å². The van der Waals surface area contributed by atoms with Crippen LogP contribution >= 0.6 is 0 Å². The first kappa shape index (κ1) is 21.3. The summed E-state index contributed by atoms with van der Waals surface area (Å²) in [4.78, 5) is 38.7. The van der Waals surface area contributed by atoms with Crippen LogP contribution in [0.4, 0.5) is 15.8 Å². The van der Waals surface area contributed by atoms with Gasteiger partial charge in [0, 0.05) is 31.6 Å². The molecule has 2 N–H and O–H groups in total. The number of ether oxygens (including phenoxy) is 1. The molecule has 0 aromatic heterocycles. The van der Waals surface area contributed by atoms with Crippen molar-refractivity contribution in [2.45, 2.75) is 19.8 Å². The zero-order valence-electron chi connectivity index (χ0n) is 16.9. The van der Waals surface area contributed by atoms with Gasteiger partial charge < -0.3 is 20.3 Å². The number of carbonyl (C=O) groups excluding carboxylic acids is 3. The number of carbonyl (C=O) groups is 3. The lowest BCUT2D eigenvalue weighted by Crippen LogP contribution is -2.43. The quantitative estimate of drug-likeness (QED) is 0.788. The molecule has 0 saturated carbocycles. The molecule has 1 atom stereocenters. The van der Waals surface area contributed by atoms with Crippen LogP contribution in [0.3, 0.4) is 0 Å². The molecule has 3 amide bonds. The van der Waals surface area contributed by atoms with Gasteiger partial charge >= 0.3 is 0 Å². The summed E-state index contributed by atoms with van der Waals surface area (Å²) < 4.78 is 18.3. The van der Waals surface area contributed by atoms with Crippen LogP contribution in [0.25, 0.3) is 0 Å². The highest BCUT2D eigenvalue weighted by Gasteiger charge is 2.29. The van der Waals surface area contributed by atoms with E-state index in [2.05, 4.69) is 10.6 Å². The van der Waals surface area contributed by atoms with E-state index in [4.69, 9.17) is 4.74 Å². The number of halogens is 1. The smallest absolute Gasteiger partial charge is 0.253 e. The molecule has 1 aliphatic rings. The summed E-state index contributed by atoms with van der Waals surface area (Å²) in [5.41, 5.74) is 1.28. The van der Waals surface area contributed by atoms with Gasteiger partial charge in [0.05, 0.1) is 24.4 Å². The minimum absolute atomic E-state index is 0.229. The molecule has 2 aromatic rings.